The van der Waals surface area contributed by atoms with Gasteiger partial charge in [0.05, 0.1) is 17.0 Å². The number of aromatic nitrogens is 3. The van der Waals surface area contributed by atoms with Gasteiger partial charge in [-0.3, -0.25) is 15.0 Å². The first-order valence-electron chi connectivity index (χ1n) is 10.7. The van der Waals surface area contributed by atoms with Crippen LogP contribution in [0.25, 0.3) is 0 Å². The lowest BCUT2D eigenvalue weighted by molar-refractivity contribution is 0.102. The quantitative estimate of drug-likeness (QED) is 0.378. The van der Waals surface area contributed by atoms with Crippen LogP contribution in [0.1, 0.15) is 38.2 Å². The van der Waals surface area contributed by atoms with E-state index in [9.17, 15) is 4.79 Å². The van der Waals surface area contributed by atoms with Gasteiger partial charge >= 0.3 is 0 Å². The summed E-state index contributed by atoms with van der Waals surface area (Å²) >= 11 is 3.08. The summed E-state index contributed by atoms with van der Waals surface area (Å²) in [7, 11) is 0. The molecule has 4 aromatic rings. The van der Waals surface area contributed by atoms with E-state index in [1.165, 1.54) is 22.2 Å². The molecule has 168 valence electrons. The Balaban J connectivity index is 1.24. The topological polar surface area (TPSA) is 84.2 Å². The van der Waals surface area contributed by atoms with Crippen LogP contribution in [0.3, 0.4) is 0 Å². The lowest BCUT2D eigenvalue weighted by atomic mass is 10.1. The standard InChI is InChI=1S/C24H23N5O2S2/c1-16-25-22(28-31-16)15-32-20-10-6-5-9-18(20)23(30)27-24-26-19-11-12-29(14-21(19)33-24)13-17-7-3-2-4-8-17/h2-10H,11-15H2,1H3,(H,26,27,30). The summed E-state index contributed by atoms with van der Waals surface area (Å²) in [5, 5.41) is 7.59. The van der Waals surface area contributed by atoms with Crippen molar-refractivity contribution in [2.75, 3.05) is 11.9 Å². The number of thiazole rings is 1. The van der Waals surface area contributed by atoms with E-state index in [-0.39, 0.29) is 5.91 Å². The Hall–Kier alpha value is -3.01. The van der Waals surface area contributed by atoms with Crippen LogP contribution in [-0.2, 0) is 25.3 Å². The van der Waals surface area contributed by atoms with Gasteiger partial charge in [-0.2, -0.15) is 4.98 Å². The third-order valence-electron chi connectivity index (χ3n) is 5.34. The minimum absolute atomic E-state index is 0.158. The highest BCUT2D eigenvalue weighted by Crippen LogP contribution is 2.31. The van der Waals surface area contributed by atoms with Crippen molar-refractivity contribution in [1.82, 2.24) is 20.0 Å². The van der Waals surface area contributed by atoms with Crippen molar-refractivity contribution in [3.63, 3.8) is 0 Å². The van der Waals surface area contributed by atoms with Crippen LogP contribution < -0.4 is 5.32 Å². The summed E-state index contributed by atoms with van der Waals surface area (Å²) in [6.07, 6.45) is 0.894. The number of hydrogen-bond donors (Lipinski definition) is 1. The lowest BCUT2D eigenvalue weighted by Crippen LogP contribution is -2.29. The Morgan fingerprint density at radius 2 is 1.97 bits per heavy atom. The van der Waals surface area contributed by atoms with Gasteiger partial charge in [0.2, 0.25) is 5.89 Å². The Kier molecular flexibility index (Phi) is 6.52. The van der Waals surface area contributed by atoms with E-state index in [0.717, 1.165) is 36.6 Å². The fourth-order valence-corrected chi connectivity index (χ4v) is 5.70. The summed E-state index contributed by atoms with van der Waals surface area (Å²) in [6, 6.07) is 18.0. The number of anilines is 1. The molecule has 9 heteroatoms. The first-order chi connectivity index (χ1) is 16.1. The molecular weight excluding hydrogens is 454 g/mol. The van der Waals surface area contributed by atoms with E-state index in [4.69, 9.17) is 9.51 Å². The molecule has 1 N–H and O–H groups in total. The van der Waals surface area contributed by atoms with Crippen molar-refractivity contribution in [1.29, 1.82) is 0 Å². The maximum Gasteiger partial charge on any atom is 0.258 e. The molecule has 3 heterocycles. The van der Waals surface area contributed by atoms with Crippen molar-refractivity contribution in [2.24, 2.45) is 0 Å². The van der Waals surface area contributed by atoms with Crippen LogP contribution in [0.5, 0.6) is 0 Å². The average molecular weight is 478 g/mol. The van der Waals surface area contributed by atoms with Gasteiger partial charge in [-0.15, -0.1) is 23.1 Å². The first-order valence-corrected chi connectivity index (χ1v) is 12.5. The van der Waals surface area contributed by atoms with Crippen LogP contribution in [0, 0.1) is 6.92 Å². The molecular formula is C24H23N5O2S2. The largest absolute Gasteiger partial charge is 0.340 e. The molecule has 0 unspecified atom stereocenters. The fraction of sp³-hybridized carbons (Fsp3) is 0.250. The normalized spacial score (nSPS) is 13.6. The number of carbonyl (C=O) groups is 1. The maximum absolute atomic E-state index is 13.1. The van der Waals surface area contributed by atoms with E-state index in [1.54, 1.807) is 18.3 Å². The number of thioether (sulfide) groups is 1. The Morgan fingerprint density at radius 3 is 2.79 bits per heavy atom. The van der Waals surface area contributed by atoms with Crippen LogP contribution >= 0.6 is 23.1 Å². The zero-order valence-electron chi connectivity index (χ0n) is 18.2. The molecule has 2 aromatic heterocycles. The van der Waals surface area contributed by atoms with Crippen LogP contribution in [-0.4, -0.2) is 32.5 Å². The zero-order valence-corrected chi connectivity index (χ0v) is 19.8. The molecule has 0 saturated heterocycles. The van der Waals surface area contributed by atoms with Gasteiger partial charge in [0.15, 0.2) is 11.0 Å². The van der Waals surface area contributed by atoms with Gasteiger partial charge in [-0.05, 0) is 17.7 Å². The van der Waals surface area contributed by atoms with Crippen LogP contribution in [0.15, 0.2) is 64.0 Å². The van der Waals surface area contributed by atoms with Crippen LogP contribution in [0.2, 0.25) is 0 Å². The van der Waals surface area contributed by atoms with Gasteiger partial charge in [0, 0.05) is 42.8 Å². The summed E-state index contributed by atoms with van der Waals surface area (Å²) in [5.41, 5.74) is 3.01. The second-order valence-electron chi connectivity index (χ2n) is 7.80. The van der Waals surface area contributed by atoms with Gasteiger partial charge in [0.25, 0.3) is 5.91 Å². The molecule has 2 aromatic carbocycles. The van der Waals surface area contributed by atoms with Gasteiger partial charge in [-0.25, -0.2) is 4.98 Å². The fourth-order valence-electron chi connectivity index (χ4n) is 3.77. The molecule has 1 aliphatic heterocycles. The zero-order chi connectivity index (χ0) is 22.6. The molecule has 0 saturated carbocycles. The number of rotatable bonds is 7. The molecule has 0 spiro atoms. The van der Waals surface area contributed by atoms with E-state index in [2.05, 4.69) is 44.6 Å². The summed E-state index contributed by atoms with van der Waals surface area (Å²) in [5.74, 6) is 1.52. The third-order valence-corrected chi connectivity index (χ3v) is 7.41. The van der Waals surface area contributed by atoms with E-state index < -0.39 is 0 Å². The lowest BCUT2D eigenvalue weighted by Gasteiger charge is -2.25. The molecule has 0 radical (unpaired) electrons. The predicted octanol–water partition coefficient (Wildman–Crippen LogP) is 4.94. The van der Waals surface area contributed by atoms with Crippen molar-refractivity contribution in [2.45, 2.75) is 37.1 Å². The van der Waals surface area contributed by atoms with Gasteiger partial charge in [-0.1, -0.05) is 47.6 Å². The molecule has 0 atom stereocenters. The van der Waals surface area contributed by atoms with Crippen LogP contribution in [0.4, 0.5) is 5.13 Å². The minimum atomic E-state index is -0.158. The Bertz CT molecular complexity index is 1250. The molecule has 1 amide bonds. The van der Waals surface area contributed by atoms with Gasteiger partial charge < -0.3 is 4.52 Å². The van der Waals surface area contributed by atoms with Crippen molar-refractivity contribution in [3.05, 3.63) is 88.0 Å². The summed E-state index contributed by atoms with van der Waals surface area (Å²) in [4.78, 5) is 26.5. The van der Waals surface area contributed by atoms with E-state index >= 15 is 0 Å². The monoisotopic (exact) mass is 477 g/mol. The number of nitrogens with zero attached hydrogens (tertiary/aromatic N) is 4. The highest BCUT2D eigenvalue weighted by atomic mass is 32.2. The smallest absolute Gasteiger partial charge is 0.258 e. The third kappa shape index (κ3) is 5.32. The number of amides is 1. The number of fused-ring (bicyclic) bond motifs is 1. The average Bonchev–Trinajstić information content (AvgIpc) is 3.43. The molecule has 0 fully saturated rings. The molecule has 0 aliphatic carbocycles. The Morgan fingerprint density at radius 1 is 1.15 bits per heavy atom. The van der Waals surface area contributed by atoms with Gasteiger partial charge in [0.1, 0.15) is 0 Å². The Labute approximate surface area is 200 Å². The molecule has 7 nitrogen and oxygen atoms in total. The second-order valence-corrected chi connectivity index (χ2v) is 9.90. The molecule has 5 rings (SSSR count). The number of hydrogen-bond acceptors (Lipinski definition) is 8. The number of nitrogens with one attached hydrogen (secondary N) is 1. The molecule has 0 bridgehead atoms. The number of carbonyl (C=O) groups excluding carboxylic acids is 1. The van der Waals surface area contributed by atoms with E-state index in [0.29, 0.717) is 28.2 Å². The summed E-state index contributed by atoms with van der Waals surface area (Å²) in [6.45, 7) is 4.50. The summed E-state index contributed by atoms with van der Waals surface area (Å²) < 4.78 is 5.03. The highest BCUT2D eigenvalue weighted by Gasteiger charge is 2.22. The first kappa shape index (κ1) is 21.8. The maximum atomic E-state index is 13.1. The molecule has 33 heavy (non-hydrogen) atoms. The van der Waals surface area contributed by atoms with Crippen molar-refractivity contribution >= 4 is 34.1 Å². The van der Waals surface area contributed by atoms with Crippen molar-refractivity contribution in [3.8, 4) is 0 Å². The van der Waals surface area contributed by atoms with Crippen molar-refractivity contribution < 1.29 is 9.32 Å². The SMILES string of the molecule is Cc1nc(CSc2ccccc2C(=O)Nc2nc3c(s2)CN(Cc2ccccc2)CC3)no1. The number of benzene rings is 2. The second kappa shape index (κ2) is 9.86. The minimum Gasteiger partial charge on any atom is -0.340 e. The predicted molar refractivity (Wildman–Crippen MR) is 129 cm³/mol. The molecule has 1 aliphatic rings. The highest BCUT2D eigenvalue weighted by molar-refractivity contribution is 7.98. The van der Waals surface area contributed by atoms with E-state index in [1.807, 2.05) is 30.3 Å². The number of aryl methyl sites for hydroxylation is 1.